The molecule has 5 heteroatoms. The molecule has 184 valence electrons. The summed E-state index contributed by atoms with van der Waals surface area (Å²) in [5, 5.41) is 9.80. The van der Waals surface area contributed by atoms with Gasteiger partial charge in [0.2, 0.25) is 0 Å². The molecule has 1 amide bonds. The first-order valence-corrected chi connectivity index (χ1v) is 12.5. The van der Waals surface area contributed by atoms with Crippen LogP contribution in [0, 0.1) is 11.8 Å². The second-order valence-corrected chi connectivity index (χ2v) is 10.1. The zero-order valence-corrected chi connectivity index (χ0v) is 21.0. The molecule has 0 radical (unpaired) electrons. The van der Waals surface area contributed by atoms with Gasteiger partial charge in [0.25, 0.3) is 5.91 Å². The van der Waals surface area contributed by atoms with Crippen molar-refractivity contribution >= 4 is 5.91 Å². The largest absolute Gasteiger partial charge is 0.491 e. The van der Waals surface area contributed by atoms with E-state index in [0.717, 1.165) is 42.9 Å². The lowest BCUT2D eigenvalue weighted by Gasteiger charge is -2.29. The van der Waals surface area contributed by atoms with Gasteiger partial charge >= 0.3 is 0 Å². The van der Waals surface area contributed by atoms with Gasteiger partial charge in [0.15, 0.2) is 0 Å². The Morgan fingerprint density at radius 2 is 1.75 bits per heavy atom. The highest BCUT2D eigenvalue weighted by Gasteiger charge is 2.22. The van der Waals surface area contributed by atoms with Crippen LogP contribution in [0.1, 0.15) is 52.0 Å². The Morgan fingerprint density at radius 3 is 2.53 bits per heavy atom. The third kappa shape index (κ3) is 5.79. The fraction of sp³-hybridized carbons (Fsp3) is 0.323. The Kier molecular flexibility index (Phi) is 6.82. The Hall–Kier alpha value is -3.59. The smallest absolute Gasteiger partial charge is 0.254 e. The first kappa shape index (κ1) is 24.1. The van der Waals surface area contributed by atoms with E-state index < -0.39 is 5.60 Å². The molecule has 2 heterocycles. The van der Waals surface area contributed by atoms with Gasteiger partial charge in [0, 0.05) is 42.9 Å². The number of amides is 1. The topological polar surface area (TPSA) is 53.0 Å². The Labute approximate surface area is 213 Å². The van der Waals surface area contributed by atoms with Crippen molar-refractivity contribution in [1.82, 2.24) is 9.80 Å². The quantitative estimate of drug-likeness (QED) is 0.565. The average molecular weight is 481 g/mol. The van der Waals surface area contributed by atoms with Crippen LogP contribution in [0.4, 0.5) is 0 Å². The van der Waals surface area contributed by atoms with Crippen LogP contribution in [0.2, 0.25) is 0 Å². The summed E-state index contributed by atoms with van der Waals surface area (Å²) in [5.41, 5.74) is 5.49. The molecule has 3 aromatic rings. The molecule has 0 aliphatic carbocycles. The number of carbonyl (C=O) groups is 1. The molecule has 0 saturated heterocycles. The SMILES string of the molecule is CC(C)(O)C#Cc1ccc(C(=O)N2CCOc3ccc(CN4CCc5ccccc5C4)cc3C2)cc1. The molecule has 36 heavy (non-hydrogen) atoms. The summed E-state index contributed by atoms with van der Waals surface area (Å²) in [5.74, 6) is 6.58. The second-order valence-electron chi connectivity index (χ2n) is 10.1. The highest BCUT2D eigenvalue weighted by Crippen LogP contribution is 2.27. The molecule has 0 spiro atoms. The number of ether oxygens (including phenoxy) is 1. The molecule has 1 N–H and O–H groups in total. The van der Waals surface area contributed by atoms with Gasteiger partial charge in [-0.15, -0.1) is 0 Å². The first-order chi connectivity index (χ1) is 17.3. The van der Waals surface area contributed by atoms with E-state index in [1.54, 1.807) is 26.0 Å². The zero-order valence-electron chi connectivity index (χ0n) is 21.0. The fourth-order valence-corrected chi connectivity index (χ4v) is 4.77. The van der Waals surface area contributed by atoms with Crippen molar-refractivity contribution in [2.75, 3.05) is 19.7 Å². The van der Waals surface area contributed by atoms with Crippen LogP contribution in [0.15, 0.2) is 66.7 Å². The van der Waals surface area contributed by atoms with Gasteiger partial charge in [-0.25, -0.2) is 0 Å². The van der Waals surface area contributed by atoms with E-state index in [0.29, 0.717) is 25.3 Å². The fourth-order valence-electron chi connectivity index (χ4n) is 4.77. The predicted octanol–water partition coefficient (Wildman–Crippen LogP) is 4.40. The van der Waals surface area contributed by atoms with Crippen LogP contribution in [0.5, 0.6) is 5.75 Å². The molecule has 0 aromatic heterocycles. The van der Waals surface area contributed by atoms with Crippen LogP contribution < -0.4 is 4.74 Å². The summed E-state index contributed by atoms with van der Waals surface area (Å²) in [6, 6.07) is 22.3. The summed E-state index contributed by atoms with van der Waals surface area (Å²) in [6.07, 6.45) is 1.08. The molecular weight excluding hydrogens is 448 g/mol. The number of nitrogens with zero attached hydrogens (tertiary/aromatic N) is 2. The van der Waals surface area contributed by atoms with Crippen LogP contribution in [-0.4, -0.2) is 46.1 Å². The highest BCUT2D eigenvalue weighted by atomic mass is 16.5. The summed E-state index contributed by atoms with van der Waals surface area (Å²) in [6.45, 7) is 7.70. The van der Waals surface area contributed by atoms with Crippen molar-refractivity contribution in [1.29, 1.82) is 0 Å². The molecular formula is C31H32N2O3. The molecule has 5 nitrogen and oxygen atoms in total. The standard InChI is InChI=1S/C31H32N2O3/c1-31(2,35)15-13-23-7-10-26(11-8-23)30(34)33-17-18-36-29-12-9-24(19-28(29)22-33)20-32-16-14-25-5-3-4-6-27(25)21-32/h3-12,19,35H,14,16-18,20-22H2,1-2H3. The van der Waals surface area contributed by atoms with Crippen molar-refractivity contribution in [2.45, 2.75) is 45.5 Å². The average Bonchev–Trinajstić information content (AvgIpc) is 3.09. The first-order valence-electron chi connectivity index (χ1n) is 12.5. The van der Waals surface area contributed by atoms with E-state index in [4.69, 9.17) is 4.74 Å². The van der Waals surface area contributed by atoms with E-state index in [1.807, 2.05) is 23.1 Å². The highest BCUT2D eigenvalue weighted by molar-refractivity contribution is 5.94. The Bertz CT molecular complexity index is 1310. The maximum absolute atomic E-state index is 13.3. The van der Waals surface area contributed by atoms with E-state index in [9.17, 15) is 9.90 Å². The maximum Gasteiger partial charge on any atom is 0.254 e. The van der Waals surface area contributed by atoms with Gasteiger partial charge < -0.3 is 14.7 Å². The number of rotatable bonds is 3. The van der Waals surface area contributed by atoms with Crippen molar-refractivity contribution < 1.29 is 14.6 Å². The Balaban J connectivity index is 1.28. The lowest BCUT2D eigenvalue weighted by atomic mass is 9.99. The minimum atomic E-state index is -1.05. The molecule has 0 fully saturated rings. The molecule has 0 atom stereocenters. The molecule has 2 aliphatic heterocycles. The normalized spacial score (nSPS) is 15.6. The number of carbonyl (C=O) groups excluding carboxylic acids is 1. The monoisotopic (exact) mass is 480 g/mol. The van der Waals surface area contributed by atoms with E-state index in [1.165, 1.54) is 16.7 Å². The number of fused-ring (bicyclic) bond motifs is 2. The van der Waals surface area contributed by atoms with Crippen molar-refractivity contribution in [2.24, 2.45) is 0 Å². The lowest BCUT2D eigenvalue weighted by Crippen LogP contribution is -2.32. The summed E-state index contributed by atoms with van der Waals surface area (Å²) in [4.78, 5) is 17.6. The molecule has 0 saturated carbocycles. The summed E-state index contributed by atoms with van der Waals surface area (Å²) in [7, 11) is 0. The number of hydrogen-bond donors (Lipinski definition) is 1. The van der Waals surface area contributed by atoms with Gasteiger partial charge in [0.05, 0.1) is 6.54 Å². The minimum Gasteiger partial charge on any atom is -0.491 e. The van der Waals surface area contributed by atoms with Crippen LogP contribution >= 0.6 is 0 Å². The number of hydrogen-bond acceptors (Lipinski definition) is 4. The van der Waals surface area contributed by atoms with Crippen LogP contribution in [0.3, 0.4) is 0 Å². The maximum atomic E-state index is 13.3. The molecule has 0 unspecified atom stereocenters. The van der Waals surface area contributed by atoms with Crippen molar-refractivity contribution in [3.05, 3.63) is 100 Å². The number of aliphatic hydroxyl groups is 1. The second kappa shape index (κ2) is 10.2. The minimum absolute atomic E-state index is 0.0218. The van der Waals surface area contributed by atoms with Crippen LogP contribution in [-0.2, 0) is 26.1 Å². The lowest BCUT2D eigenvalue weighted by molar-refractivity contribution is 0.0733. The molecule has 2 aliphatic rings. The van der Waals surface area contributed by atoms with Crippen molar-refractivity contribution in [3.8, 4) is 17.6 Å². The van der Waals surface area contributed by atoms with Gasteiger partial charge in [-0.05, 0) is 73.4 Å². The zero-order chi connectivity index (χ0) is 25.1. The summed E-state index contributed by atoms with van der Waals surface area (Å²) >= 11 is 0. The third-order valence-corrected chi connectivity index (χ3v) is 6.65. The third-order valence-electron chi connectivity index (χ3n) is 6.65. The molecule has 5 rings (SSSR count). The van der Waals surface area contributed by atoms with Gasteiger partial charge in [-0.1, -0.05) is 42.2 Å². The van der Waals surface area contributed by atoms with E-state index in [2.05, 4.69) is 53.1 Å². The van der Waals surface area contributed by atoms with Crippen LogP contribution in [0.25, 0.3) is 0 Å². The predicted molar refractivity (Wildman–Crippen MR) is 141 cm³/mol. The number of benzene rings is 3. The van der Waals surface area contributed by atoms with Crippen molar-refractivity contribution in [3.63, 3.8) is 0 Å². The van der Waals surface area contributed by atoms with E-state index >= 15 is 0 Å². The van der Waals surface area contributed by atoms with Gasteiger partial charge in [-0.3, -0.25) is 9.69 Å². The van der Waals surface area contributed by atoms with Gasteiger partial charge in [-0.2, -0.15) is 0 Å². The Morgan fingerprint density at radius 1 is 0.972 bits per heavy atom. The summed E-state index contributed by atoms with van der Waals surface area (Å²) < 4.78 is 5.99. The van der Waals surface area contributed by atoms with Gasteiger partial charge in [0.1, 0.15) is 18.0 Å². The molecule has 0 bridgehead atoms. The molecule has 3 aromatic carbocycles. The van der Waals surface area contributed by atoms with E-state index in [-0.39, 0.29) is 5.91 Å².